The molecule has 1 aromatic heterocycles. The third-order valence-electron chi connectivity index (χ3n) is 3.42. The zero-order chi connectivity index (χ0) is 13.5. The molecule has 0 aliphatic carbocycles. The van der Waals surface area contributed by atoms with Crippen LogP contribution in [-0.2, 0) is 13.1 Å². The molecule has 0 saturated heterocycles. The fourth-order valence-electron chi connectivity index (χ4n) is 2.45. The molecule has 102 valence electrons. The highest BCUT2D eigenvalue weighted by Gasteiger charge is 2.06. The van der Waals surface area contributed by atoms with Gasteiger partial charge in [-0.2, -0.15) is 0 Å². The number of rotatable bonds is 8. The van der Waals surface area contributed by atoms with E-state index in [9.17, 15) is 0 Å². The van der Waals surface area contributed by atoms with Crippen molar-refractivity contribution in [3.8, 4) is 0 Å². The van der Waals surface area contributed by atoms with Gasteiger partial charge < -0.3 is 9.88 Å². The number of aromatic nitrogens is 1. The number of nitrogens with one attached hydrogen (secondary N) is 1. The summed E-state index contributed by atoms with van der Waals surface area (Å²) >= 11 is 0. The molecule has 0 bridgehead atoms. The van der Waals surface area contributed by atoms with E-state index in [4.69, 9.17) is 0 Å². The molecule has 2 rings (SSSR count). The zero-order valence-electron chi connectivity index (χ0n) is 11.9. The molecule has 0 aliphatic rings. The van der Waals surface area contributed by atoms with E-state index in [1.807, 2.05) is 6.08 Å². The summed E-state index contributed by atoms with van der Waals surface area (Å²) in [5.41, 5.74) is 2.75. The van der Waals surface area contributed by atoms with Crippen LogP contribution in [0, 0.1) is 0 Å². The first kappa shape index (κ1) is 13.9. The Labute approximate surface area is 116 Å². The van der Waals surface area contributed by atoms with Gasteiger partial charge in [-0.3, -0.25) is 0 Å². The topological polar surface area (TPSA) is 17.0 Å². The van der Waals surface area contributed by atoms with Crippen LogP contribution in [0.25, 0.3) is 10.9 Å². The average molecular weight is 256 g/mol. The minimum absolute atomic E-state index is 0.961. The maximum absolute atomic E-state index is 3.79. The molecule has 0 aliphatic heterocycles. The van der Waals surface area contributed by atoms with Gasteiger partial charge >= 0.3 is 0 Å². The molecule has 2 aromatic rings. The van der Waals surface area contributed by atoms with Gasteiger partial charge in [-0.15, -0.1) is 6.58 Å². The molecular weight excluding hydrogens is 232 g/mol. The summed E-state index contributed by atoms with van der Waals surface area (Å²) in [6, 6.07) is 8.68. The van der Waals surface area contributed by atoms with Crippen LogP contribution in [0.15, 0.2) is 43.1 Å². The Morgan fingerprint density at radius 1 is 1.32 bits per heavy atom. The van der Waals surface area contributed by atoms with Crippen molar-refractivity contribution in [2.75, 3.05) is 6.54 Å². The highest BCUT2D eigenvalue weighted by atomic mass is 15.0. The van der Waals surface area contributed by atoms with Crippen LogP contribution in [0.1, 0.15) is 31.7 Å². The third kappa shape index (κ3) is 3.48. The second-order valence-electron chi connectivity index (χ2n) is 4.97. The molecule has 1 N–H and O–H groups in total. The van der Waals surface area contributed by atoms with Crippen LogP contribution in [0.3, 0.4) is 0 Å². The van der Waals surface area contributed by atoms with Crippen LogP contribution < -0.4 is 5.32 Å². The van der Waals surface area contributed by atoms with E-state index in [1.165, 1.54) is 22.9 Å². The van der Waals surface area contributed by atoms with E-state index >= 15 is 0 Å². The highest BCUT2D eigenvalue weighted by molar-refractivity contribution is 5.83. The fraction of sp³-hybridized carbons (Fsp3) is 0.412. The number of benzene rings is 1. The molecule has 1 aromatic carbocycles. The summed E-state index contributed by atoms with van der Waals surface area (Å²) in [5, 5.41) is 4.87. The quantitative estimate of drug-likeness (QED) is 0.555. The minimum atomic E-state index is 0.961. The van der Waals surface area contributed by atoms with Crippen molar-refractivity contribution in [3.05, 3.63) is 48.7 Å². The van der Waals surface area contributed by atoms with Crippen LogP contribution in [0.4, 0.5) is 0 Å². The Hall–Kier alpha value is -1.54. The number of unbranched alkanes of at least 4 members (excludes halogenated alkanes) is 1. The number of aryl methyl sites for hydroxylation is 1. The molecule has 0 unspecified atom stereocenters. The van der Waals surface area contributed by atoms with Gasteiger partial charge in [0.2, 0.25) is 0 Å². The number of allylic oxidation sites excluding steroid dienone is 1. The molecule has 0 atom stereocenters. The molecule has 0 spiro atoms. The van der Waals surface area contributed by atoms with Gasteiger partial charge in [-0.1, -0.05) is 31.2 Å². The second-order valence-corrected chi connectivity index (χ2v) is 4.97. The number of fused-ring (bicyclic) bond motifs is 1. The fourth-order valence-corrected chi connectivity index (χ4v) is 2.45. The maximum atomic E-state index is 3.79. The maximum Gasteiger partial charge on any atom is 0.0483 e. The van der Waals surface area contributed by atoms with E-state index in [0.29, 0.717) is 0 Å². The van der Waals surface area contributed by atoms with E-state index in [2.05, 4.69) is 53.8 Å². The number of nitrogens with zero attached hydrogens (tertiary/aromatic N) is 1. The normalized spacial score (nSPS) is 11.0. The lowest BCUT2D eigenvalue weighted by atomic mass is 10.2. The summed E-state index contributed by atoms with van der Waals surface area (Å²) in [4.78, 5) is 0. The predicted octanol–water partition coefficient (Wildman–Crippen LogP) is 4.11. The molecule has 19 heavy (non-hydrogen) atoms. The second kappa shape index (κ2) is 7.15. The van der Waals surface area contributed by atoms with Crippen molar-refractivity contribution in [1.29, 1.82) is 0 Å². The smallest absolute Gasteiger partial charge is 0.0483 e. The Morgan fingerprint density at radius 3 is 2.95 bits per heavy atom. The van der Waals surface area contributed by atoms with Crippen molar-refractivity contribution >= 4 is 10.9 Å². The van der Waals surface area contributed by atoms with Gasteiger partial charge in [-0.25, -0.2) is 0 Å². The lowest BCUT2D eigenvalue weighted by Gasteiger charge is -2.03. The Bertz CT molecular complexity index is 525. The highest BCUT2D eigenvalue weighted by Crippen LogP contribution is 2.21. The molecule has 1 heterocycles. The van der Waals surface area contributed by atoms with E-state index < -0.39 is 0 Å². The summed E-state index contributed by atoms with van der Waals surface area (Å²) in [5.74, 6) is 0. The van der Waals surface area contributed by atoms with Gasteiger partial charge in [0.1, 0.15) is 0 Å². The standard InChI is InChI=1S/C17H24N2/c1-3-5-8-12-19-14-15(13-18-11-4-2)16-9-6-7-10-17(16)19/h3,6-7,9-10,14,18H,1,4-5,8,11-13H2,2H3. The first-order chi connectivity index (χ1) is 9.36. The Balaban J connectivity index is 2.18. The monoisotopic (exact) mass is 256 g/mol. The molecule has 2 heteroatoms. The lowest BCUT2D eigenvalue weighted by molar-refractivity contribution is 0.655. The first-order valence-electron chi connectivity index (χ1n) is 7.25. The Kier molecular flexibility index (Phi) is 5.22. The van der Waals surface area contributed by atoms with E-state index in [1.54, 1.807) is 0 Å². The SMILES string of the molecule is C=CCCCn1cc(CNCCC)c2ccccc21. The lowest BCUT2D eigenvalue weighted by Crippen LogP contribution is -2.13. The van der Waals surface area contributed by atoms with Crippen LogP contribution in [0.5, 0.6) is 0 Å². The minimum Gasteiger partial charge on any atom is -0.347 e. The third-order valence-corrected chi connectivity index (χ3v) is 3.42. The number of hydrogen-bond donors (Lipinski definition) is 1. The predicted molar refractivity (Wildman–Crippen MR) is 83.4 cm³/mol. The van der Waals surface area contributed by atoms with E-state index in [0.717, 1.165) is 32.5 Å². The van der Waals surface area contributed by atoms with E-state index in [-0.39, 0.29) is 0 Å². The summed E-state index contributed by atoms with van der Waals surface area (Å²) in [6.45, 7) is 9.10. The molecular formula is C17H24N2. The molecule has 0 radical (unpaired) electrons. The summed E-state index contributed by atoms with van der Waals surface area (Å²) < 4.78 is 2.38. The summed E-state index contributed by atoms with van der Waals surface area (Å²) in [6.07, 6.45) is 7.71. The molecule has 0 fully saturated rings. The zero-order valence-corrected chi connectivity index (χ0v) is 11.9. The van der Waals surface area contributed by atoms with Crippen LogP contribution >= 0.6 is 0 Å². The first-order valence-corrected chi connectivity index (χ1v) is 7.25. The average Bonchev–Trinajstić information content (AvgIpc) is 2.79. The van der Waals surface area contributed by atoms with Gasteiger partial charge in [0.05, 0.1) is 0 Å². The van der Waals surface area contributed by atoms with Gasteiger partial charge in [-0.05, 0) is 37.4 Å². The van der Waals surface area contributed by atoms with Crippen LogP contribution in [0.2, 0.25) is 0 Å². The van der Waals surface area contributed by atoms with Crippen molar-refractivity contribution in [1.82, 2.24) is 9.88 Å². The molecule has 0 amide bonds. The van der Waals surface area contributed by atoms with Gasteiger partial charge in [0, 0.05) is 30.2 Å². The molecule has 2 nitrogen and oxygen atoms in total. The molecule has 0 saturated carbocycles. The van der Waals surface area contributed by atoms with Crippen LogP contribution in [-0.4, -0.2) is 11.1 Å². The van der Waals surface area contributed by atoms with Crippen molar-refractivity contribution < 1.29 is 0 Å². The van der Waals surface area contributed by atoms with Gasteiger partial charge in [0.15, 0.2) is 0 Å². The number of para-hydroxylation sites is 1. The van der Waals surface area contributed by atoms with Crippen molar-refractivity contribution in [3.63, 3.8) is 0 Å². The number of hydrogen-bond acceptors (Lipinski definition) is 1. The van der Waals surface area contributed by atoms with Crippen molar-refractivity contribution in [2.24, 2.45) is 0 Å². The van der Waals surface area contributed by atoms with Gasteiger partial charge in [0.25, 0.3) is 0 Å². The Morgan fingerprint density at radius 2 is 2.16 bits per heavy atom. The largest absolute Gasteiger partial charge is 0.347 e. The van der Waals surface area contributed by atoms with Crippen molar-refractivity contribution in [2.45, 2.75) is 39.3 Å². The summed E-state index contributed by atoms with van der Waals surface area (Å²) in [7, 11) is 0.